The minimum atomic E-state index is -0.460. The fourth-order valence-corrected chi connectivity index (χ4v) is 2.50. The van der Waals surface area contributed by atoms with Crippen LogP contribution < -0.4 is 0 Å². The molecule has 0 N–H and O–H groups in total. The third kappa shape index (κ3) is 4.67. The van der Waals surface area contributed by atoms with Gasteiger partial charge in [-0.05, 0) is 17.2 Å². The molecule has 0 spiro atoms. The van der Waals surface area contributed by atoms with Crippen LogP contribution in [0.5, 0.6) is 0 Å². The maximum Gasteiger partial charge on any atom is 0.338 e. The molecule has 1 atom stereocenters. The smallest absolute Gasteiger partial charge is 0.338 e. The lowest BCUT2D eigenvalue weighted by Crippen LogP contribution is -2.28. The fourth-order valence-electron chi connectivity index (χ4n) is 2.50. The van der Waals surface area contributed by atoms with Crippen LogP contribution in [0.1, 0.15) is 17.5 Å². The van der Waals surface area contributed by atoms with Crippen LogP contribution in [0.25, 0.3) is 11.6 Å². The quantitative estimate of drug-likeness (QED) is 0.619. The molecule has 4 heteroatoms. The Kier molecular flexibility index (Phi) is 5.42. The van der Waals surface area contributed by atoms with Crippen molar-refractivity contribution in [3.63, 3.8) is 0 Å². The van der Waals surface area contributed by atoms with Gasteiger partial charge in [-0.1, -0.05) is 66.7 Å². The number of carbonyl (C=O) groups is 2. The van der Waals surface area contributed by atoms with Gasteiger partial charge in [-0.25, -0.2) is 9.59 Å². The molecule has 1 aliphatic rings. The van der Waals surface area contributed by atoms with E-state index in [1.165, 1.54) is 6.08 Å². The van der Waals surface area contributed by atoms with Gasteiger partial charge < -0.3 is 9.47 Å². The molecule has 0 amide bonds. The van der Waals surface area contributed by atoms with Crippen molar-refractivity contribution in [2.24, 2.45) is 0 Å². The van der Waals surface area contributed by atoms with Gasteiger partial charge in [0.2, 0.25) is 0 Å². The van der Waals surface area contributed by atoms with E-state index in [1.807, 2.05) is 66.7 Å². The zero-order valence-corrected chi connectivity index (χ0v) is 13.6. The van der Waals surface area contributed by atoms with Crippen LogP contribution in [-0.2, 0) is 19.1 Å². The van der Waals surface area contributed by atoms with Gasteiger partial charge in [0, 0.05) is 12.5 Å². The lowest BCUT2D eigenvalue weighted by atomic mass is 10.0. The van der Waals surface area contributed by atoms with Crippen LogP contribution >= 0.6 is 0 Å². The van der Waals surface area contributed by atoms with E-state index in [2.05, 4.69) is 0 Å². The maximum absolute atomic E-state index is 12.1. The van der Waals surface area contributed by atoms with Crippen LogP contribution in [0, 0.1) is 0 Å². The first-order chi connectivity index (χ1) is 12.2. The molecule has 126 valence electrons. The molecule has 1 unspecified atom stereocenters. The van der Waals surface area contributed by atoms with Gasteiger partial charge in [0.1, 0.15) is 12.7 Å². The SMILES string of the molecule is O=C(/C=C/c1ccccc1)OCC1CC=C(c2ccccc2)C(=O)O1. The molecule has 4 nitrogen and oxygen atoms in total. The van der Waals surface area contributed by atoms with Gasteiger partial charge in [0.05, 0.1) is 5.57 Å². The monoisotopic (exact) mass is 334 g/mol. The number of cyclic esters (lactones) is 1. The van der Waals surface area contributed by atoms with Crippen molar-refractivity contribution in [2.75, 3.05) is 6.61 Å². The van der Waals surface area contributed by atoms with Crippen molar-refractivity contribution in [1.82, 2.24) is 0 Å². The van der Waals surface area contributed by atoms with Gasteiger partial charge in [-0.15, -0.1) is 0 Å². The highest BCUT2D eigenvalue weighted by atomic mass is 16.6. The van der Waals surface area contributed by atoms with E-state index in [0.717, 1.165) is 11.1 Å². The molecular formula is C21H18O4. The Bertz CT molecular complexity index is 791. The molecular weight excluding hydrogens is 316 g/mol. The Hall–Kier alpha value is -3.14. The van der Waals surface area contributed by atoms with Gasteiger partial charge in [0.25, 0.3) is 0 Å². The number of benzene rings is 2. The lowest BCUT2D eigenvalue weighted by molar-refractivity contribution is -0.152. The number of carbonyl (C=O) groups excluding carboxylic acids is 2. The fraction of sp³-hybridized carbons (Fsp3) is 0.143. The average Bonchev–Trinajstić information content (AvgIpc) is 2.66. The van der Waals surface area contributed by atoms with Gasteiger partial charge in [0.15, 0.2) is 0 Å². The van der Waals surface area contributed by atoms with E-state index in [4.69, 9.17) is 9.47 Å². The molecule has 1 heterocycles. The van der Waals surface area contributed by atoms with Crippen LogP contribution in [0.15, 0.2) is 72.8 Å². The molecule has 0 radical (unpaired) electrons. The predicted molar refractivity (Wildman–Crippen MR) is 95.4 cm³/mol. The van der Waals surface area contributed by atoms with E-state index in [0.29, 0.717) is 12.0 Å². The summed E-state index contributed by atoms with van der Waals surface area (Å²) in [5.41, 5.74) is 2.29. The van der Waals surface area contributed by atoms with E-state index < -0.39 is 18.0 Å². The summed E-state index contributed by atoms with van der Waals surface area (Å²) in [4.78, 5) is 23.9. The molecule has 0 fully saturated rings. The van der Waals surface area contributed by atoms with E-state index in [9.17, 15) is 9.59 Å². The maximum atomic E-state index is 12.1. The van der Waals surface area contributed by atoms with Crippen molar-refractivity contribution in [1.29, 1.82) is 0 Å². The lowest BCUT2D eigenvalue weighted by Gasteiger charge is -2.22. The topological polar surface area (TPSA) is 52.6 Å². The standard InChI is InChI=1S/C21H18O4/c22-20(14-11-16-7-3-1-4-8-16)24-15-18-12-13-19(21(23)25-18)17-9-5-2-6-10-17/h1-11,13-14,18H,12,15H2/b14-11+. The minimum Gasteiger partial charge on any atom is -0.459 e. The first kappa shape index (κ1) is 16.7. The summed E-state index contributed by atoms with van der Waals surface area (Å²) in [6.07, 6.45) is 4.95. The second-order valence-electron chi connectivity index (χ2n) is 5.62. The molecule has 0 bridgehead atoms. The van der Waals surface area contributed by atoms with Crippen LogP contribution in [0.4, 0.5) is 0 Å². The molecule has 25 heavy (non-hydrogen) atoms. The highest BCUT2D eigenvalue weighted by Gasteiger charge is 2.24. The second-order valence-corrected chi connectivity index (χ2v) is 5.62. The van der Waals surface area contributed by atoms with Crippen molar-refractivity contribution in [3.05, 3.63) is 83.9 Å². The summed E-state index contributed by atoms with van der Waals surface area (Å²) in [5, 5.41) is 0. The highest BCUT2D eigenvalue weighted by Crippen LogP contribution is 2.23. The number of rotatable bonds is 5. The molecule has 3 rings (SSSR count). The third-order valence-corrected chi connectivity index (χ3v) is 3.79. The van der Waals surface area contributed by atoms with Crippen molar-refractivity contribution in [3.8, 4) is 0 Å². The zero-order chi connectivity index (χ0) is 17.5. The van der Waals surface area contributed by atoms with Crippen molar-refractivity contribution >= 4 is 23.6 Å². The first-order valence-electron chi connectivity index (χ1n) is 8.09. The number of hydrogen-bond donors (Lipinski definition) is 0. The van der Waals surface area contributed by atoms with Gasteiger partial charge >= 0.3 is 11.9 Å². The summed E-state index contributed by atoms with van der Waals surface area (Å²) >= 11 is 0. The Morgan fingerprint density at radius 2 is 1.76 bits per heavy atom. The van der Waals surface area contributed by atoms with Crippen LogP contribution in [0.2, 0.25) is 0 Å². The molecule has 2 aromatic carbocycles. The van der Waals surface area contributed by atoms with E-state index in [1.54, 1.807) is 6.08 Å². The molecule has 0 aromatic heterocycles. The third-order valence-electron chi connectivity index (χ3n) is 3.79. The molecule has 0 aliphatic carbocycles. The summed E-state index contributed by atoms with van der Waals surface area (Å²) in [5.74, 6) is -0.851. The summed E-state index contributed by atoms with van der Waals surface area (Å²) in [6.45, 7) is 0.0439. The van der Waals surface area contributed by atoms with E-state index in [-0.39, 0.29) is 6.61 Å². The Labute approximate surface area is 146 Å². The van der Waals surface area contributed by atoms with Crippen molar-refractivity contribution in [2.45, 2.75) is 12.5 Å². The molecule has 2 aromatic rings. The van der Waals surface area contributed by atoms with Crippen LogP contribution in [-0.4, -0.2) is 24.6 Å². The van der Waals surface area contributed by atoms with Gasteiger partial charge in [-0.2, -0.15) is 0 Å². The minimum absolute atomic E-state index is 0.0439. The van der Waals surface area contributed by atoms with Crippen molar-refractivity contribution < 1.29 is 19.1 Å². The Morgan fingerprint density at radius 1 is 1.08 bits per heavy atom. The molecule has 1 aliphatic heterocycles. The summed E-state index contributed by atoms with van der Waals surface area (Å²) in [6, 6.07) is 18.8. The molecule has 0 saturated heterocycles. The zero-order valence-electron chi connectivity index (χ0n) is 13.6. The Morgan fingerprint density at radius 3 is 2.44 bits per heavy atom. The number of hydrogen-bond acceptors (Lipinski definition) is 4. The second kappa shape index (κ2) is 8.11. The van der Waals surface area contributed by atoms with Gasteiger partial charge in [-0.3, -0.25) is 0 Å². The first-order valence-corrected chi connectivity index (χ1v) is 8.09. The predicted octanol–water partition coefficient (Wildman–Crippen LogP) is 3.64. The summed E-state index contributed by atoms with van der Waals surface area (Å²) < 4.78 is 10.5. The Balaban J connectivity index is 1.52. The molecule has 0 saturated carbocycles. The summed E-state index contributed by atoms with van der Waals surface area (Å²) in [7, 11) is 0. The van der Waals surface area contributed by atoms with Crippen LogP contribution in [0.3, 0.4) is 0 Å². The number of ether oxygens (including phenoxy) is 2. The number of esters is 2. The highest BCUT2D eigenvalue weighted by molar-refractivity contribution is 6.17. The normalized spacial score (nSPS) is 17.0. The average molecular weight is 334 g/mol. The largest absolute Gasteiger partial charge is 0.459 e. The van der Waals surface area contributed by atoms with E-state index >= 15 is 0 Å².